The van der Waals surface area contributed by atoms with Gasteiger partial charge in [-0.3, -0.25) is 0 Å². The maximum atomic E-state index is 5.35. The van der Waals surface area contributed by atoms with Gasteiger partial charge in [0.15, 0.2) is 0 Å². The Kier molecular flexibility index (Phi) is 5.33. The van der Waals surface area contributed by atoms with Gasteiger partial charge in [-0.15, -0.1) is 0 Å². The predicted molar refractivity (Wildman–Crippen MR) is 127 cm³/mol. The lowest BCUT2D eigenvalue weighted by Crippen LogP contribution is -2.09. The van der Waals surface area contributed by atoms with E-state index >= 15 is 0 Å². The van der Waals surface area contributed by atoms with Crippen molar-refractivity contribution < 1.29 is 4.74 Å². The number of rotatable bonds is 8. The summed E-state index contributed by atoms with van der Waals surface area (Å²) in [7, 11) is 1.69. The van der Waals surface area contributed by atoms with E-state index in [9.17, 15) is 0 Å². The molecule has 0 bridgehead atoms. The van der Waals surface area contributed by atoms with Crippen LogP contribution in [0.4, 0.5) is 11.8 Å². The standard InChI is InChI=1S/C24H25N7O/c1-15-29-21-5-3-16(11-22(21)30-15)13-28-24-26-10-8-23(31-24)25-9-7-17-14-27-20-6-4-18(32-2)12-19(17)20/h3-6,8,10-12,14,27H,7,9,13H2,1-2H3,(H,29,30)(H2,25,26,28,31). The summed E-state index contributed by atoms with van der Waals surface area (Å²) in [5, 5.41) is 7.87. The van der Waals surface area contributed by atoms with Gasteiger partial charge in [0.2, 0.25) is 5.95 Å². The number of methoxy groups -OCH3 is 1. The summed E-state index contributed by atoms with van der Waals surface area (Å²) in [6, 6.07) is 14.1. The van der Waals surface area contributed by atoms with Crippen LogP contribution in [0.25, 0.3) is 21.9 Å². The van der Waals surface area contributed by atoms with Gasteiger partial charge in [0.05, 0.1) is 18.1 Å². The van der Waals surface area contributed by atoms with Crippen LogP contribution in [0, 0.1) is 6.92 Å². The zero-order valence-corrected chi connectivity index (χ0v) is 18.1. The molecule has 0 spiro atoms. The first-order valence-corrected chi connectivity index (χ1v) is 10.6. The van der Waals surface area contributed by atoms with Gasteiger partial charge in [0, 0.05) is 36.4 Å². The highest BCUT2D eigenvalue weighted by Gasteiger charge is 2.06. The van der Waals surface area contributed by atoms with E-state index < -0.39 is 0 Å². The van der Waals surface area contributed by atoms with Crippen molar-refractivity contribution in [3.05, 3.63) is 71.8 Å². The number of hydrogen-bond acceptors (Lipinski definition) is 6. The molecule has 2 aromatic carbocycles. The molecule has 0 radical (unpaired) electrons. The molecule has 5 aromatic rings. The Balaban J connectivity index is 1.19. The fraction of sp³-hybridized carbons (Fsp3) is 0.208. The van der Waals surface area contributed by atoms with Crippen molar-refractivity contribution in [2.45, 2.75) is 19.9 Å². The van der Waals surface area contributed by atoms with Gasteiger partial charge in [-0.2, -0.15) is 4.98 Å². The molecule has 0 amide bonds. The zero-order chi connectivity index (χ0) is 21.9. The molecule has 3 heterocycles. The summed E-state index contributed by atoms with van der Waals surface area (Å²) in [6.07, 6.45) is 4.68. The molecular weight excluding hydrogens is 402 g/mol. The fourth-order valence-corrected chi connectivity index (χ4v) is 3.83. The number of ether oxygens (including phenoxy) is 1. The van der Waals surface area contributed by atoms with E-state index in [-0.39, 0.29) is 0 Å². The molecule has 32 heavy (non-hydrogen) atoms. The smallest absolute Gasteiger partial charge is 0.224 e. The molecule has 3 aromatic heterocycles. The lowest BCUT2D eigenvalue weighted by atomic mass is 10.1. The number of imidazole rings is 1. The first-order valence-electron chi connectivity index (χ1n) is 10.6. The van der Waals surface area contributed by atoms with E-state index in [1.807, 2.05) is 31.2 Å². The fourth-order valence-electron chi connectivity index (χ4n) is 3.83. The second-order valence-corrected chi connectivity index (χ2v) is 7.69. The maximum absolute atomic E-state index is 5.35. The van der Waals surface area contributed by atoms with Crippen LogP contribution in [0.2, 0.25) is 0 Å². The van der Waals surface area contributed by atoms with Crippen LogP contribution in [0.3, 0.4) is 0 Å². The largest absolute Gasteiger partial charge is 0.497 e. The third-order valence-electron chi connectivity index (χ3n) is 5.45. The highest BCUT2D eigenvalue weighted by Crippen LogP contribution is 2.24. The summed E-state index contributed by atoms with van der Waals surface area (Å²) in [6.45, 7) is 3.35. The third kappa shape index (κ3) is 4.20. The Labute approximate surface area is 185 Å². The van der Waals surface area contributed by atoms with Gasteiger partial charge in [-0.1, -0.05) is 6.07 Å². The number of fused-ring (bicyclic) bond motifs is 2. The highest BCUT2D eigenvalue weighted by atomic mass is 16.5. The van der Waals surface area contributed by atoms with Gasteiger partial charge >= 0.3 is 0 Å². The van der Waals surface area contributed by atoms with Gasteiger partial charge in [0.25, 0.3) is 0 Å². The van der Waals surface area contributed by atoms with E-state index in [1.165, 1.54) is 10.9 Å². The second-order valence-electron chi connectivity index (χ2n) is 7.69. The number of aromatic nitrogens is 5. The minimum Gasteiger partial charge on any atom is -0.497 e. The number of nitrogens with one attached hydrogen (secondary N) is 4. The number of H-pyrrole nitrogens is 2. The first kappa shape index (κ1) is 19.9. The zero-order valence-electron chi connectivity index (χ0n) is 18.1. The number of hydrogen-bond donors (Lipinski definition) is 4. The van der Waals surface area contributed by atoms with E-state index in [0.29, 0.717) is 12.5 Å². The molecule has 0 aliphatic rings. The molecule has 0 unspecified atom stereocenters. The molecular formula is C24H25N7O. The Morgan fingerprint density at radius 3 is 2.84 bits per heavy atom. The summed E-state index contributed by atoms with van der Waals surface area (Å²) < 4.78 is 5.35. The van der Waals surface area contributed by atoms with Crippen molar-refractivity contribution in [2.75, 3.05) is 24.3 Å². The van der Waals surface area contributed by atoms with Crippen molar-refractivity contribution in [1.82, 2.24) is 24.9 Å². The number of aromatic amines is 2. The Bertz CT molecular complexity index is 1370. The summed E-state index contributed by atoms with van der Waals surface area (Å²) in [4.78, 5) is 19.9. The van der Waals surface area contributed by atoms with Crippen molar-refractivity contribution in [1.29, 1.82) is 0 Å². The molecule has 0 atom stereocenters. The summed E-state index contributed by atoms with van der Waals surface area (Å²) in [5.41, 5.74) is 5.49. The van der Waals surface area contributed by atoms with Crippen LogP contribution in [0.5, 0.6) is 5.75 Å². The molecule has 0 saturated heterocycles. The van der Waals surface area contributed by atoms with E-state index in [4.69, 9.17) is 4.74 Å². The number of benzene rings is 2. The van der Waals surface area contributed by atoms with Crippen LogP contribution in [-0.2, 0) is 13.0 Å². The average Bonchev–Trinajstić information content (AvgIpc) is 3.39. The average molecular weight is 428 g/mol. The van der Waals surface area contributed by atoms with Crippen LogP contribution in [0.1, 0.15) is 17.0 Å². The number of aryl methyl sites for hydroxylation is 1. The van der Waals surface area contributed by atoms with Gasteiger partial charge in [0.1, 0.15) is 17.4 Å². The molecule has 5 rings (SSSR count). The Hall–Kier alpha value is -4.07. The predicted octanol–water partition coefficient (Wildman–Crippen LogP) is 4.42. The minimum atomic E-state index is 0.590. The third-order valence-corrected chi connectivity index (χ3v) is 5.45. The molecule has 0 fully saturated rings. The van der Waals surface area contributed by atoms with Crippen molar-refractivity contribution in [3.63, 3.8) is 0 Å². The minimum absolute atomic E-state index is 0.590. The SMILES string of the molecule is COc1ccc2[nH]cc(CCNc3ccnc(NCc4ccc5nc(C)[nH]c5c4)n3)c2c1. The van der Waals surface area contributed by atoms with Gasteiger partial charge in [-0.05, 0) is 60.9 Å². The summed E-state index contributed by atoms with van der Waals surface area (Å²) in [5.74, 6) is 3.16. The monoisotopic (exact) mass is 427 g/mol. The van der Waals surface area contributed by atoms with Crippen LogP contribution in [0.15, 0.2) is 54.9 Å². The maximum Gasteiger partial charge on any atom is 0.224 e. The Morgan fingerprint density at radius 2 is 1.94 bits per heavy atom. The first-order chi connectivity index (χ1) is 15.7. The van der Waals surface area contributed by atoms with E-state index in [1.54, 1.807) is 13.3 Å². The molecule has 0 saturated carbocycles. The lowest BCUT2D eigenvalue weighted by molar-refractivity contribution is 0.415. The highest BCUT2D eigenvalue weighted by molar-refractivity contribution is 5.84. The van der Waals surface area contributed by atoms with E-state index in [2.05, 4.69) is 59.9 Å². The van der Waals surface area contributed by atoms with E-state index in [0.717, 1.165) is 52.5 Å². The Morgan fingerprint density at radius 1 is 1.00 bits per heavy atom. The topological polar surface area (TPSA) is 104 Å². The molecule has 8 heteroatoms. The molecule has 0 aliphatic carbocycles. The van der Waals surface area contributed by atoms with Crippen molar-refractivity contribution >= 4 is 33.7 Å². The molecule has 4 N–H and O–H groups in total. The quantitative estimate of drug-likeness (QED) is 0.292. The normalized spacial score (nSPS) is 11.2. The molecule has 162 valence electrons. The van der Waals surface area contributed by atoms with Crippen molar-refractivity contribution in [3.8, 4) is 5.75 Å². The lowest BCUT2D eigenvalue weighted by Gasteiger charge is -2.09. The molecule has 8 nitrogen and oxygen atoms in total. The second kappa shape index (κ2) is 8.58. The van der Waals surface area contributed by atoms with Crippen LogP contribution >= 0.6 is 0 Å². The number of nitrogens with zero attached hydrogens (tertiary/aromatic N) is 3. The molecule has 0 aliphatic heterocycles. The number of anilines is 2. The van der Waals surface area contributed by atoms with Gasteiger partial charge < -0.3 is 25.3 Å². The van der Waals surface area contributed by atoms with Crippen LogP contribution < -0.4 is 15.4 Å². The van der Waals surface area contributed by atoms with Gasteiger partial charge in [-0.25, -0.2) is 9.97 Å². The van der Waals surface area contributed by atoms with Crippen molar-refractivity contribution in [2.24, 2.45) is 0 Å². The van der Waals surface area contributed by atoms with Crippen LogP contribution in [-0.4, -0.2) is 38.6 Å². The summed E-state index contributed by atoms with van der Waals surface area (Å²) >= 11 is 0.